The molecule has 5 rings (SSSR count). The number of aryl methyl sites for hydroxylation is 1. The highest BCUT2D eigenvalue weighted by Gasteiger charge is 2.26. The highest BCUT2D eigenvalue weighted by atomic mass is 19.1. The van der Waals surface area contributed by atoms with Crippen molar-refractivity contribution in [2.75, 3.05) is 11.1 Å². The van der Waals surface area contributed by atoms with Gasteiger partial charge in [0, 0.05) is 48.0 Å². The van der Waals surface area contributed by atoms with E-state index in [2.05, 4.69) is 10.4 Å². The van der Waals surface area contributed by atoms with Gasteiger partial charge in [0.25, 0.3) is 5.56 Å². The van der Waals surface area contributed by atoms with E-state index in [1.54, 1.807) is 37.6 Å². The molecular weight excluding hydrogens is 388 g/mol. The minimum Gasteiger partial charge on any atom is -0.399 e. The van der Waals surface area contributed by atoms with Crippen molar-refractivity contribution in [2.24, 2.45) is 7.05 Å². The number of halogens is 2. The lowest BCUT2D eigenvalue weighted by Gasteiger charge is -2.15. The molecule has 0 radical (unpaired) electrons. The zero-order chi connectivity index (χ0) is 21.0. The SMILES string of the molecule is Cn1cc(-c2cc(N)ccc2Nc2ccc(F)cc2F)c2nn(C3CC3)cc2c1=O. The predicted molar refractivity (Wildman–Crippen MR) is 113 cm³/mol. The lowest BCUT2D eigenvalue weighted by Crippen LogP contribution is -2.16. The van der Waals surface area contributed by atoms with Crippen molar-refractivity contribution in [3.05, 3.63) is 70.8 Å². The molecule has 0 bridgehead atoms. The lowest BCUT2D eigenvalue weighted by molar-refractivity contribution is 0.586. The third kappa shape index (κ3) is 3.10. The van der Waals surface area contributed by atoms with E-state index < -0.39 is 11.6 Å². The molecule has 1 aliphatic carbocycles. The fourth-order valence-corrected chi connectivity index (χ4v) is 3.60. The molecule has 0 saturated heterocycles. The van der Waals surface area contributed by atoms with Crippen LogP contribution in [-0.2, 0) is 7.05 Å². The van der Waals surface area contributed by atoms with Crippen molar-refractivity contribution in [3.63, 3.8) is 0 Å². The van der Waals surface area contributed by atoms with Gasteiger partial charge in [-0.05, 0) is 43.2 Å². The van der Waals surface area contributed by atoms with E-state index in [4.69, 9.17) is 5.73 Å². The van der Waals surface area contributed by atoms with Crippen LogP contribution in [0.3, 0.4) is 0 Å². The molecule has 0 unspecified atom stereocenters. The highest BCUT2D eigenvalue weighted by molar-refractivity contribution is 5.97. The number of pyridine rings is 1. The number of benzene rings is 2. The van der Waals surface area contributed by atoms with Gasteiger partial charge in [-0.15, -0.1) is 0 Å². The summed E-state index contributed by atoms with van der Waals surface area (Å²) in [5.41, 5.74) is 9.04. The van der Waals surface area contributed by atoms with E-state index in [1.165, 1.54) is 16.7 Å². The largest absolute Gasteiger partial charge is 0.399 e. The summed E-state index contributed by atoms with van der Waals surface area (Å²) in [4.78, 5) is 12.7. The van der Waals surface area contributed by atoms with Gasteiger partial charge in [0.1, 0.15) is 17.2 Å². The first-order valence-electron chi connectivity index (χ1n) is 9.61. The van der Waals surface area contributed by atoms with Gasteiger partial charge in [-0.1, -0.05) is 0 Å². The Labute approximate surface area is 170 Å². The van der Waals surface area contributed by atoms with Gasteiger partial charge in [0.2, 0.25) is 0 Å². The van der Waals surface area contributed by atoms with Crippen LogP contribution in [0.5, 0.6) is 0 Å². The summed E-state index contributed by atoms with van der Waals surface area (Å²) >= 11 is 0. The van der Waals surface area contributed by atoms with E-state index >= 15 is 0 Å². The van der Waals surface area contributed by atoms with Crippen LogP contribution in [0.1, 0.15) is 18.9 Å². The average molecular weight is 407 g/mol. The van der Waals surface area contributed by atoms with Gasteiger partial charge in [-0.3, -0.25) is 9.48 Å². The molecule has 0 spiro atoms. The molecule has 4 aromatic rings. The van der Waals surface area contributed by atoms with Crippen LogP contribution in [0.4, 0.5) is 25.8 Å². The number of fused-ring (bicyclic) bond motifs is 1. The van der Waals surface area contributed by atoms with Crippen molar-refractivity contribution in [1.29, 1.82) is 0 Å². The molecule has 2 aromatic carbocycles. The number of aromatic nitrogens is 3. The minimum absolute atomic E-state index is 0.131. The number of nitrogens with two attached hydrogens (primary N) is 1. The van der Waals surface area contributed by atoms with Crippen LogP contribution in [0, 0.1) is 11.6 Å². The maximum atomic E-state index is 14.2. The number of rotatable bonds is 4. The summed E-state index contributed by atoms with van der Waals surface area (Å²) in [6.45, 7) is 0. The molecular formula is C22H19F2N5O. The molecule has 8 heteroatoms. The number of hydrogen-bond acceptors (Lipinski definition) is 4. The Kier molecular flexibility index (Phi) is 4.09. The Bertz CT molecular complexity index is 1350. The zero-order valence-corrected chi connectivity index (χ0v) is 16.2. The van der Waals surface area contributed by atoms with Gasteiger partial charge in [-0.2, -0.15) is 5.10 Å². The Hall–Kier alpha value is -3.68. The molecule has 0 atom stereocenters. The van der Waals surface area contributed by atoms with Gasteiger partial charge < -0.3 is 15.6 Å². The van der Waals surface area contributed by atoms with Crippen molar-refractivity contribution < 1.29 is 8.78 Å². The normalized spacial score (nSPS) is 13.7. The Balaban J connectivity index is 1.70. The van der Waals surface area contributed by atoms with Crippen LogP contribution in [-0.4, -0.2) is 14.3 Å². The van der Waals surface area contributed by atoms with E-state index in [-0.39, 0.29) is 11.2 Å². The quantitative estimate of drug-likeness (QED) is 0.494. The summed E-state index contributed by atoms with van der Waals surface area (Å²) in [6.07, 6.45) is 5.57. The van der Waals surface area contributed by atoms with Gasteiger partial charge in [0.05, 0.1) is 17.1 Å². The summed E-state index contributed by atoms with van der Waals surface area (Å²) in [6, 6.07) is 8.83. The monoisotopic (exact) mass is 407 g/mol. The van der Waals surface area contributed by atoms with Crippen LogP contribution < -0.4 is 16.6 Å². The standard InChI is InChI=1S/C22H19F2N5O/c1-28-10-16(21-17(22(28)30)11-29(27-21)14-4-5-14)15-9-13(25)3-7-19(15)26-20-6-2-12(23)8-18(20)24/h2-3,6-11,14,26H,4-5,25H2,1H3. The molecule has 2 heterocycles. The second-order valence-corrected chi connectivity index (χ2v) is 7.62. The molecule has 30 heavy (non-hydrogen) atoms. The summed E-state index contributed by atoms with van der Waals surface area (Å²) in [7, 11) is 1.68. The summed E-state index contributed by atoms with van der Waals surface area (Å²) < 4.78 is 30.9. The summed E-state index contributed by atoms with van der Waals surface area (Å²) in [5.74, 6) is -1.36. The molecule has 0 aliphatic heterocycles. The maximum absolute atomic E-state index is 14.2. The maximum Gasteiger partial charge on any atom is 0.261 e. The van der Waals surface area contributed by atoms with Crippen LogP contribution in [0.15, 0.2) is 53.6 Å². The molecule has 6 nitrogen and oxygen atoms in total. The highest BCUT2D eigenvalue weighted by Crippen LogP contribution is 2.38. The van der Waals surface area contributed by atoms with Crippen LogP contribution in [0.2, 0.25) is 0 Å². The molecule has 1 aliphatic rings. The van der Waals surface area contributed by atoms with E-state index in [1.807, 2.05) is 4.68 Å². The number of nitrogen functional groups attached to an aromatic ring is 1. The summed E-state index contributed by atoms with van der Waals surface area (Å²) in [5, 5.41) is 8.20. The number of nitrogens with one attached hydrogen (secondary N) is 1. The first kappa shape index (κ1) is 18.4. The predicted octanol–water partition coefficient (Wildman–Crippen LogP) is 4.34. The van der Waals surface area contributed by atoms with E-state index in [9.17, 15) is 13.6 Å². The average Bonchev–Trinajstić information content (AvgIpc) is 3.46. The first-order valence-corrected chi connectivity index (χ1v) is 9.61. The van der Waals surface area contributed by atoms with Crippen LogP contribution >= 0.6 is 0 Å². The van der Waals surface area contributed by atoms with Crippen molar-refractivity contribution >= 4 is 28.0 Å². The molecule has 3 N–H and O–H groups in total. The number of nitrogens with zero attached hydrogens (tertiary/aromatic N) is 3. The second-order valence-electron chi connectivity index (χ2n) is 7.62. The minimum atomic E-state index is -0.707. The molecule has 0 amide bonds. The fourth-order valence-electron chi connectivity index (χ4n) is 3.60. The van der Waals surface area contributed by atoms with Crippen LogP contribution in [0.25, 0.3) is 22.0 Å². The van der Waals surface area contributed by atoms with Crippen molar-refractivity contribution in [1.82, 2.24) is 14.3 Å². The molecule has 1 saturated carbocycles. The van der Waals surface area contributed by atoms with Gasteiger partial charge in [0.15, 0.2) is 0 Å². The van der Waals surface area contributed by atoms with Crippen molar-refractivity contribution in [3.8, 4) is 11.1 Å². The number of hydrogen-bond donors (Lipinski definition) is 2. The number of anilines is 3. The third-order valence-electron chi connectivity index (χ3n) is 5.32. The lowest BCUT2D eigenvalue weighted by atomic mass is 10.0. The van der Waals surface area contributed by atoms with Gasteiger partial charge >= 0.3 is 0 Å². The molecule has 2 aromatic heterocycles. The van der Waals surface area contributed by atoms with Gasteiger partial charge in [-0.25, -0.2) is 8.78 Å². The van der Waals surface area contributed by atoms with Crippen molar-refractivity contribution in [2.45, 2.75) is 18.9 Å². The molecule has 152 valence electrons. The Morgan fingerprint density at radius 1 is 1.07 bits per heavy atom. The van der Waals surface area contributed by atoms with E-state index in [0.717, 1.165) is 18.9 Å². The fraction of sp³-hybridized carbons (Fsp3) is 0.182. The Morgan fingerprint density at radius 3 is 2.57 bits per heavy atom. The second kappa shape index (κ2) is 6.69. The van der Waals surface area contributed by atoms with E-state index in [0.29, 0.717) is 39.4 Å². The Morgan fingerprint density at radius 2 is 1.83 bits per heavy atom. The first-order chi connectivity index (χ1) is 14.4. The molecule has 1 fully saturated rings. The zero-order valence-electron chi connectivity index (χ0n) is 16.2. The topological polar surface area (TPSA) is 77.9 Å². The smallest absolute Gasteiger partial charge is 0.261 e. The third-order valence-corrected chi connectivity index (χ3v) is 5.32.